The Morgan fingerprint density at radius 2 is 1.95 bits per heavy atom. The maximum atomic E-state index is 6.20. The largest absolute Gasteiger partial charge is 0.383 e. The molecule has 1 saturated carbocycles. The van der Waals surface area contributed by atoms with Crippen molar-refractivity contribution in [1.29, 1.82) is 0 Å². The van der Waals surface area contributed by atoms with E-state index in [1.807, 2.05) is 19.2 Å². The fourth-order valence-corrected chi connectivity index (χ4v) is 2.98. The van der Waals surface area contributed by atoms with Gasteiger partial charge >= 0.3 is 0 Å². The van der Waals surface area contributed by atoms with Gasteiger partial charge in [-0.2, -0.15) is 5.10 Å². The molecule has 20 heavy (non-hydrogen) atoms. The lowest BCUT2D eigenvalue weighted by molar-refractivity contribution is 0.609. The second-order valence-corrected chi connectivity index (χ2v) is 6.96. The predicted molar refractivity (Wildman–Crippen MR) is 84.2 cm³/mol. The van der Waals surface area contributed by atoms with Crippen molar-refractivity contribution in [2.24, 2.45) is 12.5 Å². The van der Waals surface area contributed by atoms with Crippen molar-refractivity contribution in [1.82, 2.24) is 9.78 Å². The van der Waals surface area contributed by atoms with Gasteiger partial charge in [0.2, 0.25) is 0 Å². The summed E-state index contributed by atoms with van der Waals surface area (Å²) in [5, 5.41) is 5.69. The van der Waals surface area contributed by atoms with Crippen LogP contribution in [0.2, 0.25) is 10.0 Å². The van der Waals surface area contributed by atoms with Crippen molar-refractivity contribution in [3.05, 3.63) is 33.9 Å². The summed E-state index contributed by atoms with van der Waals surface area (Å²) in [6.07, 6.45) is 1.14. The van der Waals surface area contributed by atoms with Gasteiger partial charge in [-0.05, 0) is 29.5 Å². The van der Waals surface area contributed by atoms with Gasteiger partial charge in [-0.25, -0.2) is 0 Å². The van der Waals surface area contributed by atoms with Gasteiger partial charge in [-0.1, -0.05) is 43.1 Å². The minimum absolute atomic E-state index is 0.297. The lowest BCUT2D eigenvalue weighted by Gasteiger charge is -2.07. The molecule has 0 radical (unpaired) electrons. The topological polar surface area (TPSA) is 43.8 Å². The maximum absolute atomic E-state index is 6.20. The molecular formula is C15H17Cl2N3. The fourth-order valence-electron chi connectivity index (χ4n) is 2.68. The Morgan fingerprint density at radius 3 is 2.50 bits per heavy atom. The Balaban J connectivity index is 2.15. The van der Waals surface area contributed by atoms with Crippen LogP contribution in [0.4, 0.5) is 5.82 Å². The van der Waals surface area contributed by atoms with Crippen molar-refractivity contribution in [2.45, 2.75) is 26.2 Å². The van der Waals surface area contributed by atoms with Gasteiger partial charge in [0.1, 0.15) is 5.82 Å². The molecule has 1 atom stereocenters. The quantitative estimate of drug-likeness (QED) is 0.888. The highest BCUT2D eigenvalue weighted by Gasteiger charge is 2.49. The number of rotatable bonds is 2. The predicted octanol–water partition coefficient (Wildman–Crippen LogP) is 4.49. The third-order valence-corrected chi connectivity index (χ3v) is 4.91. The van der Waals surface area contributed by atoms with Gasteiger partial charge in [0.15, 0.2) is 0 Å². The monoisotopic (exact) mass is 309 g/mol. The molecule has 0 amide bonds. The van der Waals surface area contributed by atoms with E-state index in [1.165, 1.54) is 0 Å². The summed E-state index contributed by atoms with van der Waals surface area (Å²) in [5.74, 6) is 1.12. The minimum atomic E-state index is 0.297. The highest BCUT2D eigenvalue weighted by molar-refractivity contribution is 6.42. The fraction of sp³-hybridized carbons (Fsp3) is 0.400. The standard InChI is InChI=1S/C15H17Cl2N3/c1-15(2)7-9(15)13-12(14(18)20(3)19-13)8-4-5-10(16)11(17)6-8/h4-6,9H,7,18H2,1-3H3. The van der Waals surface area contributed by atoms with Crippen LogP contribution >= 0.6 is 23.2 Å². The first-order valence-corrected chi connectivity index (χ1v) is 7.34. The molecule has 106 valence electrons. The Bertz CT molecular complexity index is 689. The molecule has 1 fully saturated rings. The summed E-state index contributed by atoms with van der Waals surface area (Å²) in [6, 6.07) is 5.60. The van der Waals surface area contributed by atoms with E-state index in [-0.39, 0.29) is 0 Å². The van der Waals surface area contributed by atoms with E-state index in [0.717, 1.165) is 23.2 Å². The zero-order valence-corrected chi connectivity index (χ0v) is 13.3. The normalized spacial score (nSPS) is 20.1. The number of halogens is 2. The van der Waals surface area contributed by atoms with E-state index in [0.29, 0.717) is 27.2 Å². The number of nitrogens with two attached hydrogens (primary N) is 1. The number of anilines is 1. The molecule has 1 aliphatic carbocycles. The number of aromatic nitrogens is 2. The van der Waals surface area contributed by atoms with E-state index < -0.39 is 0 Å². The van der Waals surface area contributed by atoms with E-state index in [9.17, 15) is 0 Å². The molecular weight excluding hydrogens is 293 g/mol. The van der Waals surface area contributed by atoms with Crippen LogP contribution in [0.15, 0.2) is 18.2 Å². The van der Waals surface area contributed by atoms with Crippen LogP contribution in [-0.4, -0.2) is 9.78 Å². The highest BCUT2D eigenvalue weighted by atomic mass is 35.5. The van der Waals surface area contributed by atoms with Gasteiger partial charge in [0.25, 0.3) is 0 Å². The summed E-state index contributed by atoms with van der Waals surface area (Å²) in [6.45, 7) is 4.50. The van der Waals surface area contributed by atoms with Crippen molar-refractivity contribution in [3.63, 3.8) is 0 Å². The van der Waals surface area contributed by atoms with E-state index in [2.05, 4.69) is 18.9 Å². The summed E-state index contributed by atoms with van der Waals surface area (Å²) >= 11 is 12.1. The number of hydrogen-bond acceptors (Lipinski definition) is 2. The minimum Gasteiger partial charge on any atom is -0.383 e. The Labute approximate surface area is 128 Å². The molecule has 0 saturated heterocycles. The Hall–Kier alpha value is -1.19. The van der Waals surface area contributed by atoms with Crippen LogP contribution in [0.3, 0.4) is 0 Å². The van der Waals surface area contributed by atoms with E-state index >= 15 is 0 Å². The molecule has 0 aliphatic heterocycles. The van der Waals surface area contributed by atoms with Crippen LogP contribution in [0.5, 0.6) is 0 Å². The third-order valence-electron chi connectivity index (χ3n) is 4.17. The molecule has 0 bridgehead atoms. The molecule has 2 aromatic rings. The molecule has 5 heteroatoms. The van der Waals surface area contributed by atoms with Gasteiger partial charge in [0.05, 0.1) is 15.7 Å². The van der Waals surface area contributed by atoms with Crippen molar-refractivity contribution in [2.75, 3.05) is 5.73 Å². The number of nitrogens with zero attached hydrogens (tertiary/aromatic N) is 2. The van der Waals surface area contributed by atoms with E-state index in [1.54, 1.807) is 10.7 Å². The summed E-state index contributed by atoms with van der Waals surface area (Å²) in [7, 11) is 1.87. The Morgan fingerprint density at radius 1 is 1.30 bits per heavy atom. The van der Waals surface area contributed by atoms with Crippen molar-refractivity contribution >= 4 is 29.0 Å². The summed E-state index contributed by atoms with van der Waals surface area (Å²) < 4.78 is 1.74. The van der Waals surface area contributed by atoms with Gasteiger partial charge in [-0.3, -0.25) is 4.68 Å². The summed E-state index contributed by atoms with van der Waals surface area (Å²) in [5.41, 5.74) is 9.53. The lowest BCUT2D eigenvalue weighted by atomic mass is 9.99. The highest BCUT2D eigenvalue weighted by Crippen LogP contribution is 2.60. The number of aryl methyl sites for hydroxylation is 1. The second kappa shape index (κ2) is 4.40. The van der Waals surface area contributed by atoms with Crippen LogP contribution in [0.25, 0.3) is 11.1 Å². The molecule has 1 aromatic heterocycles. The van der Waals surface area contributed by atoms with Crippen molar-refractivity contribution in [3.8, 4) is 11.1 Å². The van der Waals surface area contributed by atoms with Gasteiger partial charge < -0.3 is 5.73 Å². The van der Waals surface area contributed by atoms with Crippen LogP contribution in [-0.2, 0) is 7.05 Å². The zero-order chi connectivity index (χ0) is 14.7. The van der Waals surface area contributed by atoms with Crippen LogP contribution in [0.1, 0.15) is 31.9 Å². The molecule has 0 spiro atoms. The van der Waals surface area contributed by atoms with Gasteiger partial charge in [-0.15, -0.1) is 0 Å². The SMILES string of the molecule is Cn1nc(C2CC2(C)C)c(-c2ccc(Cl)c(Cl)c2)c1N. The summed E-state index contributed by atoms with van der Waals surface area (Å²) in [4.78, 5) is 0. The third kappa shape index (κ3) is 2.09. The zero-order valence-electron chi connectivity index (χ0n) is 11.7. The number of hydrogen-bond donors (Lipinski definition) is 1. The number of nitrogen functional groups attached to an aromatic ring is 1. The average Bonchev–Trinajstić information content (AvgIpc) is 2.90. The number of benzene rings is 1. The molecule has 3 rings (SSSR count). The maximum Gasteiger partial charge on any atom is 0.129 e. The molecule has 1 aromatic carbocycles. The molecule has 1 unspecified atom stereocenters. The molecule has 1 heterocycles. The van der Waals surface area contributed by atoms with Crippen LogP contribution < -0.4 is 5.73 Å². The first-order chi connectivity index (χ1) is 9.31. The van der Waals surface area contributed by atoms with Crippen LogP contribution in [0, 0.1) is 5.41 Å². The van der Waals surface area contributed by atoms with E-state index in [4.69, 9.17) is 28.9 Å². The van der Waals surface area contributed by atoms with Crippen molar-refractivity contribution < 1.29 is 0 Å². The average molecular weight is 310 g/mol. The van der Waals surface area contributed by atoms with Gasteiger partial charge in [0, 0.05) is 18.5 Å². The lowest BCUT2D eigenvalue weighted by Crippen LogP contribution is -1.98. The first kappa shape index (κ1) is 13.8. The second-order valence-electron chi connectivity index (χ2n) is 6.14. The molecule has 2 N–H and O–H groups in total. The smallest absolute Gasteiger partial charge is 0.129 e. The molecule has 3 nitrogen and oxygen atoms in total. The first-order valence-electron chi connectivity index (χ1n) is 6.59. The Kier molecular flexibility index (Phi) is 3.03. The molecule has 1 aliphatic rings.